The fraction of sp³-hybridized carbons (Fsp3) is 0.235. The van der Waals surface area contributed by atoms with Crippen molar-refractivity contribution in [1.82, 2.24) is 10.2 Å². The Morgan fingerprint density at radius 1 is 0.932 bits per heavy atom. The molecule has 44 heavy (non-hydrogen) atoms. The Morgan fingerprint density at radius 2 is 1.70 bits per heavy atom. The number of benzene rings is 4. The first-order valence-corrected chi connectivity index (χ1v) is 14.7. The largest absolute Gasteiger partial charge is 0.367 e. The molecule has 7 rings (SSSR count). The number of anilines is 4. The highest BCUT2D eigenvalue weighted by Gasteiger charge is 2.40. The number of piperazine rings is 1. The maximum absolute atomic E-state index is 14.5. The molecule has 4 aromatic rings. The van der Waals surface area contributed by atoms with Crippen LogP contribution in [0.3, 0.4) is 0 Å². The van der Waals surface area contributed by atoms with Crippen LogP contribution in [0.4, 0.5) is 27.1 Å². The Morgan fingerprint density at radius 3 is 2.43 bits per heavy atom. The number of piperidine rings is 1. The van der Waals surface area contributed by atoms with Crippen LogP contribution in [0.15, 0.2) is 72.8 Å². The normalized spacial score (nSPS) is 18.5. The Kier molecular flexibility index (Phi) is 6.95. The van der Waals surface area contributed by atoms with Gasteiger partial charge >= 0.3 is 0 Å². The smallest absolute Gasteiger partial charge is 0.259 e. The molecule has 10 heteroatoms. The maximum Gasteiger partial charge on any atom is 0.259 e. The van der Waals surface area contributed by atoms with Crippen molar-refractivity contribution in [2.24, 2.45) is 0 Å². The summed E-state index contributed by atoms with van der Waals surface area (Å²) < 4.78 is 14.5. The van der Waals surface area contributed by atoms with Gasteiger partial charge in [-0.05, 0) is 60.5 Å². The van der Waals surface area contributed by atoms with Crippen LogP contribution in [0, 0.1) is 17.1 Å². The number of hydrogen-bond donors (Lipinski definition) is 2. The average Bonchev–Trinajstić information content (AvgIpc) is 3.32. The zero-order chi connectivity index (χ0) is 30.4. The van der Waals surface area contributed by atoms with Crippen molar-refractivity contribution >= 4 is 51.2 Å². The van der Waals surface area contributed by atoms with Crippen LogP contribution in [-0.2, 0) is 16.1 Å². The zero-order valence-corrected chi connectivity index (χ0v) is 23.8. The summed E-state index contributed by atoms with van der Waals surface area (Å²) in [6, 6.07) is 23.5. The molecule has 0 aliphatic carbocycles. The van der Waals surface area contributed by atoms with Gasteiger partial charge in [0.25, 0.3) is 5.91 Å². The number of amides is 3. The molecule has 0 saturated carbocycles. The molecular formula is C34H29FN6O3. The average molecular weight is 589 g/mol. The van der Waals surface area contributed by atoms with E-state index in [0.29, 0.717) is 42.0 Å². The molecule has 0 aromatic heterocycles. The lowest BCUT2D eigenvalue weighted by Gasteiger charge is -2.36. The number of carbonyl (C=O) groups excluding carboxylic acids is 3. The number of carbonyl (C=O) groups is 3. The van der Waals surface area contributed by atoms with E-state index in [1.54, 1.807) is 18.2 Å². The highest BCUT2D eigenvalue weighted by molar-refractivity contribution is 6.28. The van der Waals surface area contributed by atoms with Gasteiger partial charge in [-0.3, -0.25) is 29.5 Å². The molecule has 2 saturated heterocycles. The van der Waals surface area contributed by atoms with Gasteiger partial charge < -0.3 is 10.2 Å². The molecule has 0 unspecified atom stereocenters. The molecule has 2 fully saturated rings. The second kappa shape index (κ2) is 11.1. The molecule has 220 valence electrons. The maximum atomic E-state index is 14.5. The Hall–Kier alpha value is -5.27. The summed E-state index contributed by atoms with van der Waals surface area (Å²) in [5.74, 6) is -1.35. The zero-order valence-electron chi connectivity index (χ0n) is 23.8. The summed E-state index contributed by atoms with van der Waals surface area (Å²) >= 11 is 0. The van der Waals surface area contributed by atoms with Crippen LogP contribution in [0.2, 0.25) is 0 Å². The van der Waals surface area contributed by atoms with Crippen LogP contribution < -0.4 is 20.4 Å². The standard InChI is InChI=1S/C34H29FN6O3/c35-26-18-22(19-36)6-10-28(26)40-16-14-39(15-17-40)20-21-4-7-23(8-5-21)37-27-9-11-29-32-24(27)2-1-3-25(32)34(44)41(29)30-12-13-31(42)38-33(30)43/h1-11,18,30,37H,12-17,20H2,(H,38,42,43)/t30-/m0/s1. The van der Waals surface area contributed by atoms with E-state index < -0.39 is 11.9 Å². The van der Waals surface area contributed by atoms with Gasteiger partial charge in [-0.25, -0.2) is 4.39 Å². The highest BCUT2D eigenvalue weighted by Crippen LogP contribution is 2.43. The van der Waals surface area contributed by atoms with Crippen molar-refractivity contribution in [2.45, 2.75) is 25.4 Å². The molecule has 0 radical (unpaired) electrons. The van der Waals surface area contributed by atoms with E-state index >= 15 is 0 Å². The van der Waals surface area contributed by atoms with E-state index in [1.807, 2.05) is 47.4 Å². The second-order valence-electron chi connectivity index (χ2n) is 11.4. The first kappa shape index (κ1) is 27.6. The number of nitrogens with zero attached hydrogens (tertiary/aromatic N) is 4. The lowest BCUT2D eigenvalue weighted by atomic mass is 10.0. The van der Waals surface area contributed by atoms with Gasteiger partial charge in [0.2, 0.25) is 11.8 Å². The molecule has 0 bridgehead atoms. The van der Waals surface area contributed by atoms with Crippen LogP contribution in [0.5, 0.6) is 0 Å². The van der Waals surface area contributed by atoms with Crippen molar-refractivity contribution in [3.63, 3.8) is 0 Å². The van der Waals surface area contributed by atoms with E-state index in [0.717, 1.165) is 41.8 Å². The molecule has 3 aliphatic heterocycles. The van der Waals surface area contributed by atoms with E-state index in [1.165, 1.54) is 16.5 Å². The summed E-state index contributed by atoms with van der Waals surface area (Å²) in [4.78, 5) is 43.6. The predicted octanol–water partition coefficient (Wildman–Crippen LogP) is 4.68. The Labute approximate surface area is 253 Å². The molecular weight excluding hydrogens is 559 g/mol. The van der Waals surface area contributed by atoms with E-state index in [-0.39, 0.29) is 24.1 Å². The molecule has 3 heterocycles. The van der Waals surface area contributed by atoms with E-state index in [2.05, 4.69) is 27.7 Å². The summed E-state index contributed by atoms with van der Waals surface area (Å²) in [6.45, 7) is 3.79. The summed E-state index contributed by atoms with van der Waals surface area (Å²) in [7, 11) is 0. The quantitative estimate of drug-likeness (QED) is 0.315. The number of imide groups is 1. The third kappa shape index (κ3) is 4.91. The van der Waals surface area contributed by atoms with Gasteiger partial charge in [-0.2, -0.15) is 5.26 Å². The molecule has 9 nitrogen and oxygen atoms in total. The van der Waals surface area contributed by atoms with Crippen molar-refractivity contribution in [2.75, 3.05) is 41.3 Å². The molecule has 2 N–H and O–H groups in total. The Bertz CT molecular complexity index is 1860. The number of halogens is 1. The van der Waals surface area contributed by atoms with Crippen molar-refractivity contribution in [1.29, 1.82) is 5.26 Å². The first-order valence-electron chi connectivity index (χ1n) is 14.7. The van der Waals surface area contributed by atoms with Gasteiger partial charge in [0.15, 0.2) is 0 Å². The number of hydrogen-bond acceptors (Lipinski definition) is 7. The molecule has 0 spiro atoms. The fourth-order valence-electron chi connectivity index (χ4n) is 6.44. The van der Waals surface area contributed by atoms with Crippen LogP contribution in [-0.4, -0.2) is 54.8 Å². The van der Waals surface area contributed by atoms with Crippen molar-refractivity contribution in [3.8, 4) is 6.07 Å². The predicted molar refractivity (Wildman–Crippen MR) is 165 cm³/mol. The summed E-state index contributed by atoms with van der Waals surface area (Å²) in [5, 5.41) is 16.5. The second-order valence-corrected chi connectivity index (χ2v) is 11.4. The van der Waals surface area contributed by atoms with Crippen LogP contribution in [0.25, 0.3) is 10.8 Å². The minimum Gasteiger partial charge on any atom is -0.367 e. The van der Waals surface area contributed by atoms with Crippen molar-refractivity contribution in [3.05, 3.63) is 95.3 Å². The monoisotopic (exact) mass is 588 g/mol. The van der Waals surface area contributed by atoms with Gasteiger partial charge in [0.05, 0.1) is 23.0 Å². The Balaban J connectivity index is 1.03. The minimum absolute atomic E-state index is 0.199. The lowest BCUT2D eigenvalue weighted by molar-refractivity contribution is -0.134. The summed E-state index contributed by atoms with van der Waals surface area (Å²) in [5.41, 5.74) is 5.00. The minimum atomic E-state index is -0.720. The van der Waals surface area contributed by atoms with Gasteiger partial charge in [0.1, 0.15) is 11.9 Å². The molecule has 1 atom stereocenters. The van der Waals surface area contributed by atoms with Crippen molar-refractivity contribution < 1.29 is 18.8 Å². The van der Waals surface area contributed by atoms with Gasteiger partial charge in [-0.15, -0.1) is 0 Å². The van der Waals surface area contributed by atoms with Crippen LogP contribution in [0.1, 0.15) is 34.3 Å². The van der Waals surface area contributed by atoms with Crippen LogP contribution >= 0.6 is 0 Å². The number of nitrogens with one attached hydrogen (secondary N) is 2. The topological polar surface area (TPSA) is 109 Å². The highest BCUT2D eigenvalue weighted by atomic mass is 19.1. The third-order valence-electron chi connectivity index (χ3n) is 8.68. The molecule has 3 amide bonds. The number of nitriles is 1. The molecule has 3 aliphatic rings. The summed E-state index contributed by atoms with van der Waals surface area (Å²) in [6.07, 6.45) is 0.494. The SMILES string of the molecule is N#Cc1ccc(N2CCN(Cc3ccc(Nc4ccc5c6c(cccc46)C(=O)N5[C@H]4CCC(=O)NC4=O)cc3)CC2)c(F)c1. The number of rotatable bonds is 6. The lowest BCUT2D eigenvalue weighted by Crippen LogP contribution is -2.53. The van der Waals surface area contributed by atoms with E-state index in [4.69, 9.17) is 5.26 Å². The third-order valence-corrected chi connectivity index (χ3v) is 8.68. The van der Waals surface area contributed by atoms with E-state index in [9.17, 15) is 18.8 Å². The van der Waals surface area contributed by atoms with Gasteiger partial charge in [-0.1, -0.05) is 24.3 Å². The van der Waals surface area contributed by atoms with Gasteiger partial charge in [0, 0.05) is 66.9 Å². The first-order chi connectivity index (χ1) is 21.4. The molecule has 4 aromatic carbocycles. The fourth-order valence-corrected chi connectivity index (χ4v) is 6.44.